The van der Waals surface area contributed by atoms with Gasteiger partial charge >= 0.3 is 5.97 Å². The highest BCUT2D eigenvalue weighted by molar-refractivity contribution is 5.92. The third kappa shape index (κ3) is 3.04. The second-order valence-electron chi connectivity index (χ2n) is 4.57. The fraction of sp³-hybridized carbons (Fsp3) is 0.250. The normalized spacial score (nSPS) is 11.2. The van der Waals surface area contributed by atoms with E-state index in [4.69, 9.17) is 0 Å². The number of carbonyl (C=O) groups is 1. The standard InChI is InChI=1S/C12H13N5O3/c1-12(2,20)11-15-5-8(9(17-11)10(18)19)16-7-3-13-6-14-4-7/h3-6,16,20H,1-2H3,(H,18,19). The summed E-state index contributed by atoms with van der Waals surface area (Å²) in [5.74, 6) is -1.19. The third-order valence-electron chi connectivity index (χ3n) is 2.38. The number of rotatable bonds is 4. The summed E-state index contributed by atoms with van der Waals surface area (Å²) >= 11 is 0. The summed E-state index contributed by atoms with van der Waals surface area (Å²) < 4.78 is 0. The Labute approximate surface area is 114 Å². The highest BCUT2D eigenvalue weighted by atomic mass is 16.4. The Bertz CT molecular complexity index is 625. The molecule has 104 valence electrons. The van der Waals surface area contributed by atoms with Crippen LogP contribution in [0.5, 0.6) is 0 Å². The van der Waals surface area contributed by atoms with Crippen LogP contribution in [0.3, 0.4) is 0 Å². The Morgan fingerprint density at radius 1 is 1.25 bits per heavy atom. The fourth-order valence-electron chi connectivity index (χ4n) is 1.45. The number of aromatic nitrogens is 4. The smallest absolute Gasteiger partial charge is 0.356 e. The summed E-state index contributed by atoms with van der Waals surface area (Å²) in [4.78, 5) is 26.7. The Morgan fingerprint density at radius 3 is 2.45 bits per heavy atom. The van der Waals surface area contributed by atoms with Crippen LogP contribution < -0.4 is 5.32 Å². The molecule has 2 rings (SSSR count). The van der Waals surface area contributed by atoms with Crippen molar-refractivity contribution < 1.29 is 15.0 Å². The van der Waals surface area contributed by atoms with Crippen LogP contribution in [0.1, 0.15) is 30.2 Å². The first kappa shape index (κ1) is 13.8. The molecule has 0 unspecified atom stereocenters. The van der Waals surface area contributed by atoms with Crippen LogP contribution in [0.25, 0.3) is 0 Å². The molecule has 0 radical (unpaired) electrons. The largest absolute Gasteiger partial charge is 0.476 e. The molecule has 0 aliphatic carbocycles. The minimum Gasteiger partial charge on any atom is -0.476 e. The van der Waals surface area contributed by atoms with E-state index in [0.717, 1.165) is 0 Å². The van der Waals surface area contributed by atoms with E-state index in [-0.39, 0.29) is 17.2 Å². The number of carboxylic acid groups (broad SMARTS) is 1. The van der Waals surface area contributed by atoms with Crippen molar-refractivity contribution in [1.29, 1.82) is 0 Å². The van der Waals surface area contributed by atoms with Crippen molar-refractivity contribution in [3.8, 4) is 0 Å². The summed E-state index contributed by atoms with van der Waals surface area (Å²) in [7, 11) is 0. The maximum absolute atomic E-state index is 11.2. The molecule has 3 N–H and O–H groups in total. The molecule has 0 saturated carbocycles. The first-order valence-corrected chi connectivity index (χ1v) is 5.73. The van der Waals surface area contributed by atoms with Gasteiger partial charge in [0.05, 0.1) is 30.0 Å². The van der Waals surface area contributed by atoms with E-state index in [1.807, 2.05) is 0 Å². The second kappa shape index (κ2) is 5.17. The first-order valence-electron chi connectivity index (χ1n) is 5.73. The van der Waals surface area contributed by atoms with E-state index in [2.05, 4.69) is 25.3 Å². The quantitative estimate of drug-likeness (QED) is 0.753. The Morgan fingerprint density at radius 2 is 1.90 bits per heavy atom. The zero-order valence-corrected chi connectivity index (χ0v) is 10.9. The topological polar surface area (TPSA) is 121 Å². The molecule has 8 heteroatoms. The lowest BCUT2D eigenvalue weighted by Crippen LogP contribution is -2.22. The van der Waals surface area contributed by atoms with E-state index >= 15 is 0 Å². The van der Waals surface area contributed by atoms with Gasteiger partial charge in [-0.25, -0.2) is 24.7 Å². The number of hydrogen-bond donors (Lipinski definition) is 3. The predicted octanol–water partition coefficient (Wildman–Crippen LogP) is 0.936. The number of carboxylic acids is 1. The third-order valence-corrected chi connectivity index (χ3v) is 2.38. The van der Waals surface area contributed by atoms with Crippen LogP contribution in [0.2, 0.25) is 0 Å². The van der Waals surface area contributed by atoms with Crippen LogP contribution in [0.4, 0.5) is 11.4 Å². The molecular weight excluding hydrogens is 262 g/mol. The van der Waals surface area contributed by atoms with Gasteiger partial charge in [-0.3, -0.25) is 0 Å². The molecule has 0 spiro atoms. The van der Waals surface area contributed by atoms with Crippen molar-refractivity contribution >= 4 is 17.3 Å². The molecule has 2 heterocycles. The lowest BCUT2D eigenvalue weighted by molar-refractivity contribution is 0.0650. The van der Waals surface area contributed by atoms with Gasteiger partial charge in [-0.2, -0.15) is 0 Å². The maximum Gasteiger partial charge on any atom is 0.356 e. The summed E-state index contributed by atoms with van der Waals surface area (Å²) in [6.07, 6.45) is 5.64. The van der Waals surface area contributed by atoms with Crippen molar-refractivity contribution in [3.05, 3.63) is 36.4 Å². The SMILES string of the molecule is CC(C)(O)c1ncc(Nc2cncnc2)c(C(=O)O)n1. The van der Waals surface area contributed by atoms with E-state index in [1.165, 1.54) is 38.8 Å². The number of hydrogen-bond acceptors (Lipinski definition) is 7. The first-order chi connectivity index (χ1) is 9.38. The average Bonchev–Trinajstić information content (AvgIpc) is 2.38. The van der Waals surface area contributed by atoms with Crippen molar-refractivity contribution in [3.63, 3.8) is 0 Å². The molecule has 0 bridgehead atoms. The number of nitrogens with one attached hydrogen (secondary N) is 1. The summed E-state index contributed by atoms with van der Waals surface area (Å²) in [5, 5.41) is 21.8. The van der Waals surface area contributed by atoms with Crippen LogP contribution >= 0.6 is 0 Å². The van der Waals surface area contributed by atoms with Crippen LogP contribution in [0.15, 0.2) is 24.9 Å². The Kier molecular flexibility index (Phi) is 3.57. The summed E-state index contributed by atoms with van der Waals surface area (Å²) in [6, 6.07) is 0. The van der Waals surface area contributed by atoms with Crippen LogP contribution in [0, 0.1) is 0 Å². The molecule has 20 heavy (non-hydrogen) atoms. The number of aromatic carboxylic acids is 1. The zero-order valence-electron chi connectivity index (χ0n) is 10.9. The van der Waals surface area contributed by atoms with Crippen molar-refractivity contribution in [2.75, 3.05) is 5.32 Å². The molecule has 2 aromatic heterocycles. The molecule has 2 aromatic rings. The molecule has 8 nitrogen and oxygen atoms in total. The molecule has 0 saturated heterocycles. The van der Waals surface area contributed by atoms with Gasteiger partial charge in [-0.1, -0.05) is 0 Å². The predicted molar refractivity (Wildman–Crippen MR) is 69.6 cm³/mol. The van der Waals surface area contributed by atoms with E-state index < -0.39 is 11.6 Å². The van der Waals surface area contributed by atoms with Gasteiger partial charge < -0.3 is 15.5 Å². The number of aliphatic hydroxyl groups is 1. The minimum absolute atomic E-state index is 0.0322. The number of nitrogens with zero attached hydrogens (tertiary/aromatic N) is 4. The number of anilines is 2. The summed E-state index contributed by atoms with van der Waals surface area (Å²) in [6.45, 7) is 2.96. The van der Waals surface area contributed by atoms with Crippen LogP contribution in [-0.4, -0.2) is 36.1 Å². The maximum atomic E-state index is 11.2. The lowest BCUT2D eigenvalue weighted by Gasteiger charge is -2.17. The minimum atomic E-state index is -1.32. The van der Waals surface area contributed by atoms with Crippen molar-refractivity contribution in [1.82, 2.24) is 19.9 Å². The van der Waals surface area contributed by atoms with Crippen LogP contribution in [-0.2, 0) is 5.60 Å². The monoisotopic (exact) mass is 275 g/mol. The van der Waals surface area contributed by atoms with Gasteiger partial charge in [0, 0.05) is 0 Å². The summed E-state index contributed by atoms with van der Waals surface area (Å²) in [5.41, 5.74) is -0.852. The Balaban J connectivity index is 2.41. The van der Waals surface area contributed by atoms with E-state index in [9.17, 15) is 15.0 Å². The van der Waals surface area contributed by atoms with Crippen molar-refractivity contribution in [2.24, 2.45) is 0 Å². The molecule has 0 aliphatic heterocycles. The fourth-order valence-corrected chi connectivity index (χ4v) is 1.45. The molecule has 0 amide bonds. The van der Waals surface area contributed by atoms with Gasteiger partial charge in [0.1, 0.15) is 11.9 Å². The van der Waals surface area contributed by atoms with Gasteiger partial charge in [-0.15, -0.1) is 0 Å². The van der Waals surface area contributed by atoms with Gasteiger partial charge in [0.25, 0.3) is 0 Å². The van der Waals surface area contributed by atoms with Crippen molar-refractivity contribution in [2.45, 2.75) is 19.4 Å². The lowest BCUT2D eigenvalue weighted by atomic mass is 10.1. The van der Waals surface area contributed by atoms with Gasteiger partial charge in [0.15, 0.2) is 11.5 Å². The average molecular weight is 275 g/mol. The van der Waals surface area contributed by atoms with E-state index in [0.29, 0.717) is 5.69 Å². The molecule has 0 aromatic carbocycles. The van der Waals surface area contributed by atoms with Gasteiger partial charge in [0.2, 0.25) is 0 Å². The highest BCUT2D eigenvalue weighted by Crippen LogP contribution is 2.21. The highest BCUT2D eigenvalue weighted by Gasteiger charge is 2.23. The second-order valence-corrected chi connectivity index (χ2v) is 4.57. The molecule has 0 fully saturated rings. The Hall–Kier alpha value is -2.61. The molecule has 0 aliphatic rings. The zero-order chi connectivity index (χ0) is 14.8. The van der Waals surface area contributed by atoms with Gasteiger partial charge in [-0.05, 0) is 13.8 Å². The molecular formula is C12H13N5O3. The molecule has 0 atom stereocenters. The van der Waals surface area contributed by atoms with E-state index in [1.54, 1.807) is 0 Å².